The molecule has 1 unspecified atom stereocenters. The molecule has 60 heavy (non-hydrogen) atoms. The molecule has 16 heteroatoms. The fraction of sp³-hybridized carbons (Fsp3) is 0.477. The van der Waals surface area contributed by atoms with E-state index in [1.807, 2.05) is 6.07 Å². The van der Waals surface area contributed by atoms with E-state index < -0.39 is 76.3 Å². The Labute approximate surface area is 348 Å². The molecule has 1 fully saturated rings. The summed E-state index contributed by atoms with van der Waals surface area (Å²) >= 11 is 0. The molecule has 2 atom stereocenters. The maximum Gasteiger partial charge on any atom is 0.417 e. The number of benzene rings is 3. The summed E-state index contributed by atoms with van der Waals surface area (Å²) in [6.07, 6.45) is -5.57. The van der Waals surface area contributed by atoms with Gasteiger partial charge in [0.2, 0.25) is 0 Å². The number of carbonyl (C=O) groups excluding carboxylic acids is 5. The molecule has 3 aromatic rings. The van der Waals surface area contributed by atoms with E-state index in [-0.39, 0.29) is 45.1 Å². The highest BCUT2D eigenvalue weighted by molar-refractivity contribution is 6.15. The van der Waals surface area contributed by atoms with Gasteiger partial charge in [0.1, 0.15) is 18.0 Å². The van der Waals surface area contributed by atoms with Crippen LogP contribution in [-0.4, -0.2) is 101 Å². The van der Waals surface area contributed by atoms with E-state index in [0.29, 0.717) is 25.5 Å². The number of amides is 4. The lowest BCUT2D eigenvalue weighted by Crippen LogP contribution is -2.60. The van der Waals surface area contributed by atoms with Gasteiger partial charge < -0.3 is 38.5 Å². The van der Waals surface area contributed by atoms with Crippen molar-refractivity contribution in [3.63, 3.8) is 0 Å². The van der Waals surface area contributed by atoms with Gasteiger partial charge in [-0.25, -0.2) is 14.4 Å². The highest BCUT2D eigenvalue weighted by atomic mass is 19.4. The van der Waals surface area contributed by atoms with Crippen LogP contribution in [0.4, 0.5) is 28.4 Å². The Morgan fingerprint density at radius 1 is 0.950 bits per heavy atom. The number of alkyl halides is 3. The first-order valence-electron chi connectivity index (χ1n) is 20.0. The van der Waals surface area contributed by atoms with Crippen molar-refractivity contribution in [2.24, 2.45) is 0 Å². The molecule has 0 bridgehead atoms. The normalized spacial score (nSPS) is 18.0. The van der Waals surface area contributed by atoms with Crippen LogP contribution in [0.15, 0.2) is 72.8 Å². The Hall–Kier alpha value is -5.80. The molecule has 2 aliphatic rings. The third kappa shape index (κ3) is 10.7. The van der Waals surface area contributed by atoms with E-state index in [1.165, 1.54) is 21.6 Å². The summed E-state index contributed by atoms with van der Waals surface area (Å²) in [6, 6.07) is 18.2. The van der Waals surface area contributed by atoms with Crippen LogP contribution in [0.1, 0.15) is 88.4 Å². The van der Waals surface area contributed by atoms with E-state index in [2.05, 4.69) is 0 Å². The van der Waals surface area contributed by atoms with Gasteiger partial charge in [-0.1, -0.05) is 60.7 Å². The van der Waals surface area contributed by atoms with E-state index in [4.69, 9.17) is 18.9 Å². The Kier molecular flexibility index (Phi) is 14.1. The average molecular weight is 839 g/mol. The number of hydrogen-bond donors (Lipinski definition) is 0. The molecule has 13 nitrogen and oxygen atoms in total. The molecule has 324 valence electrons. The fourth-order valence-electron chi connectivity index (χ4n) is 7.23. The Morgan fingerprint density at radius 2 is 1.58 bits per heavy atom. The Morgan fingerprint density at radius 3 is 2.17 bits per heavy atom. The first kappa shape index (κ1) is 45.3. The van der Waals surface area contributed by atoms with Crippen molar-refractivity contribution in [1.82, 2.24) is 14.7 Å². The van der Waals surface area contributed by atoms with Gasteiger partial charge in [-0.2, -0.15) is 13.2 Å². The van der Waals surface area contributed by atoms with Gasteiger partial charge in [0.25, 0.3) is 17.4 Å². The largest absolute Gasteiger partial charge is 0.464 e. The molecule has 1 saturated heterocycles. The van der Waals surface area contributed by atoms with Crippen LogP contribution in [0.5, 0.6) is 5.75 Å². The van der Waals surface area contributed by atoms with Gasteiger partial charge in [-0.15, -0.1) is 0 Å². The number of likely N-dealkylation sites (tertiary alicyclic amines) is 1. The van der Waals surface area contributed by atoms with Gasteiger partial charge in [-0.3, -0.25) is 9.59 Å². The number of esters is 1. The maximum absolute atomic E-state index is 15.1. The number of carbonyl (C=O) groups is 5. The minimum absolute atomic E-state index is 0.0222. The molecule has 0 saturated carbocycles. The lowest BCUT2D eigenvalue weighted by molar-refractivity contribution is -0.166. The molecule has 0 aliphatic carbocycles. The summed E-state index contributed by atoms with van der Waals surface area (Å²) in [5, 5.41) is 0. The van der Waals surface area contributed by atoms with Crippen LogP contribution >= 0.6 is 0 Å². The second-order valence-corrected chi connectivity index (χ2v) is 16.2. The molecule has 0 aromatic heterocycles. The highest BCUT2D eigenvalue weighted by Gasteiger charge is 2.53. The average Bonchev–Trinajstić information content (AvgIpc) is 3.19. The van der Waals surface area contributed by atoms with Gasteiger partial charge in [-0.05, 0) is 84.6 Å². The summed E-state index contributed by atoms with van der Waals surface area (Å²) in [7, 11) is 0. The number of halogens is 3. The third-order valence-electron chi connectivity index (χ3n) is 10.1. The quantitative estimate of drug-likeness (QED) is 0.102. The third-order valence-corrected chi connectivity index (χ3v) is 10.1. The van der Waals surface area contributed by atoms with Crippen LogP contribution < -0.4 is 9.64 Å². The first-order valence-corrected chi connectivity index (χ1v) is 20.0. The van der Waals surface area contributed by atoms with Crippen LogP contribution in [0, 0.1) is 0 Å². The molecule has 0 spiro atoms. The van der Waals surface area contributed by atoms with E-state index >= 15 is 13.2 Å². The molecule has 0 radical (unpaired) electrons. The minimum Gasteiger partial charge on any atom is -0.464 e. The SMILES string of the molecule is CCOC(=O)C1(C)Oc2cc(C(F)(F)F)c(C(=O)N(C(C)C)[C@@H]3CCCN(C(=O)OC(C)(C)C)C3)cc2N(CCN(Cc2ccccc2)C(=O)OCc2ccccc2)C1=O. The topological polar surface area (TPSA) is 135 Å². The summed E-state index contributed by atoms with van der Waals surface area (Å²) in [5.41, 5.74) is -4.11. The van der Waals surface area contributed by atoms with Crippen LogP contribution in [0.25, 0.3) is 0 Å². The van der Waals surface area contributed by atoms with E-state index in [1.54, 1.807) is 89.2 Å². The smallest absolute Gasteiger partial charge is 0.417 e. The monoisotopic (exact) mass is 838 g/mol. The zero-order valence-electron chi connectivity index (χ0n) is 35.0. The summed E-state index contributed by atoms with van der Waals surface area (Å²) in [5.74, 6) is -3.61. The molecular weight excluding hydrogens is 785 g/mol. The minimum atomic E-state index is -5.09. The van der Waals surface area contributed by atoms with Crippen molar-refractivity contribution in [2.45, 2.75) is 104 Å². The van der Waals surface area contributed by atoms with E-state index in [9.17, 15) is 24.0 Å². The van der Waals surface area contributed by atoms with Crippen molar-refractivity contribution < 1.29 is 56.1 Å². The predicted octanol–water partition coefficient (Wildman–Crippen LogP) is 7.84. The number of rotatable bonds is 12. The Balaban J connectivity index is 1.55. The number of nitrogens with zero attached hydrogens (tertiary/aromatic N) is 4. The fourth-order valence-corrected chi connectivity index (χ4v) is 7.23. The van der Waals surface area contributed by atoms with Crippen LogP contribution in [-0.2, 0) is 43.1 Å². The van der Waals surface area contributed by atoms with Crippen molar-refractivity contribution in [1.29, 1.82) is 0 Å². The van der Waals surface area contributed by atoms with E-state index in [0.717, 1.165) is 29.0 Å². The molecule has 2 heterocycles. The maximum atomic E-state index is 15.1. The lowest BCUT2D eigenvalue weighted by Gasteiger charge is -2.42. The van der Waals surface area contributed by atoms with Gasteiger partial charge >= 0.3 is 24.3 Å². The highest BCUT2D eigenvalue weighted by Crippen LogP contribution is 2.45. The zero-order chi connectivity index (χ0) is 44.0. The van der Waals surface area contributed by atoms with Crippen molar-refractivity contribution in [3.8, 4) is 5.75 Å². The van der Waals surface area contributed by atoms with Crippen molar-refractivity contribution >= 4 is 35.7 Å². The number of hydrogen-bond acceptors (Lipinski definition) is 9. The summed E-state index contributed by atoms with van der Waals surface area (Å²) in [6.45, 7) is 10.7. The first-order chi connectivity index (χ1) is 28.2. The molecule has 4 amide bonds. The number of ether oxygens (including phenoxy) is 4. The van der Waals surface area contributed by atoms with Gasteiger partial charge in [0, 0.05) is 38.8 Å². The number of fused-ring (bicyclic) bond motifs is 1. The number of anilines is 1. The zero-order valence-corrected chi connectivity index (χ0v) is 35.0. The molecule has 0 N–H and O–H groups in total. The summed E-state index contributed by atoms with van der Waals surface area (Å²) in [4.78, 5) is 74.2. The van der Waals surface area contributed by atoms with Gasteiger partial charge in [0.15, 0.2) is 0 Å². The second-order valence-electron chi connectivity index (χ2n) is 16.2. The van der Waals surface area contributed by atoms with Gasteiger partial charge in [0.05, 0.1) is 29.5 Å². The van der Waals surface area contributed by atoms with Crippen molar-refractivity contribution in [2.75, 3.05) is 37.7 Å². The predicted molar refractivity (Wildman–Crippen MR) is 215 cm³/mol. The standard InChI is InChI=1S/C44H53F3N4O9/c1-8-57-39(54)43(7)38(53)50(23-22-49(26-30-16-11-9-12-17-30)40(55)58-28-31-18-13-10-14-19-31)35-24-33(34(44(45,46)47)25-36(35)59-43)37(52)51(29(2)3)32-20-15-21-48(27-32)41(56)60-42(4,5)6/h9-14,16-19,24-25,29,32H,8,15,20-23,26-28H2,1-7H3/t32-,43?/m1/s1. The lowest BCUT2D eigenvalue weighted by atomic mass is 9.96. The summed E-state index contributed by atoms with van der Waals surface area (Å²) < 4.78 is 67.4. The molecule has 2 aliphatic heterocycles. The van der Waals surface area contributed by atoms with Crippen LogP contribution in [0.3, 0.4) is 0 Å². The second kappa shape index (κ2) is 18.6. The molecule has 5 rings (SSSR count). The molecular formula is C44H53F3N4O9. The van der Waals surface area contributed by atoms with Crippen molar-refractivity contribution in [3.05, 3.63) is 95.1 Å². The molecule has 3 aromatic carbocycles. The van der Waals surface area contributed by atoms with Crippen LogP contribution in [0.2, 0.25) is 0 Å². The Bertz CT molecular complexity index is 2020. The number of piperidine rings is 1.